The Morgan fingerprint density at radius 2 is 1.79 bits per heavy atom. The average Bonchev–Trinajstić information content (AvgIpc) is 2.73. The second-order valence-electron chi connectivity index (χ2n) is 7.15. The smallest absolute Gasteiger partial charge is 0.126 e. The minimum absolute atomic E-state index is 0.532. The zero-order valence-corrected chi connectivity index (χ0v) is 17.4. The van der Waals surface area contributed by atoms with Crippen molar-refractivity contribution in [3.05, 3.63) is 93.5 Å². The van der Waals surface area contributed by atoms with Gasteiger partial charge in [0.05, 0.1) is 7.11 Å². The fourth-order valence-electron chi connectivity index (χ4n) is 3.97. The van der Waals surface area contributed by atoms with Gasteiger partial charge in [0.15, 0.2) is 0 Å². The van der Waals surface area contributed by atoms with Crippen molar-refractivity contribution in [3.63, 3.8) is 0 Å². The fraction of sp³-hybridized carbons (Fsp3) is 0.250. The lowest BCUT2D eigenvalue weighted by Crippen LogP contribution is -2.32. The van der Waals surface area contributed by atoms with Crippen molar-refractivity contribution in [2.75, 3.05) is 7.11 Å². The molecule has 28 heavy (non-hydrogen) atoms. The molecule has 4 heteroatoms. The molecule has 3 aromatic rings. The third kappa shape index (κ3) is 3.67. The Hall–Kier alpha value is -2.30. The summed E-state index contributed by atoms with van der Waals surface area (Å²) in [5.74, 6) is 1.52. The Labute approximate surface area is 174 Å². The highest BCUT2D eigenvalue weighted by atomic mass is 79.9. The summed E-state index contributed by atoms with van der Waals surface area (Å²) in [6.07, 6.45) is 2.51. The zero-order valence-electron chi connectivity index (χ0n) is 15.8. The maximum Gasteiger partial charge on any atom is 0.126 e. The maximum absolute atomic E-state index is 11.7. The monoisotopic (exact) mass is 438 g/mol. The van der Waals surface area contributed by atoms with Crippen LogP contribution in [0.25, 0.3) is 0 Å². The number of ether oxygens (including phenoxy) is 2. The molecule has 1 atom stereocenters. The third-order valence-corrected chi connectivity index (χ3v) is 5.86. The van der Waals surface area contributed by atoms with Crippen molar-refractivity contribution < 1.29 is 14.6 Å². The molecule has 0 aromatic heterocycles. The van der Waals surface area contributed by atoms with Crippen LogP contribution in [0.4, 0.5) is 0 Å². The number of rotatable bonds is 5. The normalized spacial score (nSPS) is 18.4. The number of aliphatic hydroxyl groups is 1. The van der Waals surface area contributed by atoms with Crippen molar-refractivity contribution >= 4 is 15.9 Å². The second kappa shape index (κ2) is 7.98. The second-order valence-corrected chi connectivity index (χ2v) is 8.07. The summed E-state index contributed by atoms with van der Waals surface area (Å²) < 4.78 is 12.5. The van der Waals surface area contributed by atoms with Crippen LogP contribution in [0.2, 0.25) is 0 Å². The summed E-state index contributed by atoms with van der Waals surface area (Å²) in [6, 6.07) is 21.9. The molecule has 0 fully saturated rings. The summed E-state index contributed by atoms with van der Waals surface area (Å²) >= 11 is 3.48. The van der Waals surface area contributed by atoms with Crippen LogP contribution in [0.3, 0.4) is 0 Å². The number of halogens is 1. The average molecular weight is 439 g/mol. The first-order chi connectivity index (χ1) is 13.6. The van der Waals surface area contributed by atoms with E-state index in [9.17, 15) is 5.11 Å². The number of hydrogen-bond acceptors (Lipinski definition) is 3. The fourth-order valence-corrected chi connectivity index (χ4v) is 4.31. The van der Waals surface area contributed by atoms with Crippen LogP contribution >= 0.6 is 15.9 Å². The maximum atomic E-state index is 11.7. The molecular formula is C24H23BrO3. The van der Waals surface area contributed by atoms with Gasteiger partial charge in [0.1, 0.15) is 23.7 Å². The molecule has 0 spiro atoms. The van der Waals surface area contributed by atoms with E-state index in [1.165, 1.54) is 0 Å². The van der Waals surface area contributed by atoms with Crippen molar-refractivity contribution in [1.29, 1.82) is 0 Å². The summed E-state index contributed by atoms with van der Waals surface area (Å²) in [5.41, 5.74) is 2.95. The molecule has 0 heterocycles. The van der Waals surface area contributed by atoms with E-state index in [4.69, 9.17) is 9.47 Å². The Kier molecular flexibility index (Phi) is 5.42. The minimum atomic E-state index is -1.06. The van der Waals surface area contributed by atoms with Crippen molar-refractivity contribution in [3.8, 4) is 11.5 Å². The van der Waals surface area contributed by atoms with Crippen LogP contribution in [0.1, 0.15) is 35.1 Å². The first-order valence-corrected chi connectivity index (χ1v) is 10.3. The van der Waals surface area contributed by atoms with Crippen molar-refractivity contribution in [2.45, 2.75) is 31.5 Å². The number of aryl methyl sites for hydroxylation is 1. The van der Waals surface area contributed by atoms with E-state index in [0.717, 1.165) is 45.3 Å². The minimum Gasteiger partial charge on any atom is -0.496 e. The molecule has 0 bridgehead atoms. The molecule has 0 saturated carbocycles. The first kappa shape index (κ1) is 19.0. The number of fused-ring (bicyclic) bond motifs is 1. The quantitative estimate of drug-likeness (QED) is 0.562. The van der Waals surface area contributed by atoms with E-state index in [1.807, 2.05) is 48.5 Å². The van der Waals surface area contributed by atoms with E-state index >= 15 is 0 Å². The van der Waals surface area contributed by atoms with E-state index in [2.05, 4.69) is 34.1 Å². The highest BCUT2D eigenvalue weighted by Crippen LogP contribution is 2.45. The predicted molar refractivity (Wildman–Crippen MR) is 114 cm³/mol. The lowest BCUT2D eigenvalue weighted by atomic mass is 9.74. The zero-order chi connectivity index (χ0) is 19.6. The van der Waals surface area contributed by atoms with Gasteiger partial charge in [-0.15, -0.1) is 0 Å². The van der Waals surface area contributed by atoms with Crippen LogP contribution in [0.15, 0.2) is 71.2 Å². The predicted octanol–water partition coefficient (Wildman–Crippen LogP) is 5.61. The Balaban J connectivity index is 1.65. The van der Waals surface area contributed by atoms with Gasteiger partial charge in [-0.25, -0.2) is 0 Å². The molecule has 3 aromatic carbocycles. The highest BCUT2D eigenvalue weighted by molar-refractivity contribution is 9.10. The molecule has 0 amide bonds. The van der Waals surface area contributed by atoms with Crippen LogP contribution in [0, 0.1) is 0 Å². The number of methoxy groups -OCH3 is 1. The van der Waals surface area contributed by atoms with E-state index in [-0.39, 0.29) is 0 Å². The number of hydrogen-bond donors (Lipinski definition) is 1. The molecule has 1 N–H and O–H groups in total. The Bertz CT molecular complexity index is 971. The lowest BCUT2D eigenvalue weighted by Gasteiger charge is -2.36. The summed E-state index contributed by atoms with van der Waals surface area (Å²) in [5, 5.41) is 11.7. The Morgan fingerprint density at radius 3 is 2.57 bits per heavy atom. The van der Waals surface area contributed by atoms with Crippen LogP contribution in [0.5, 0.6) is 11.5 Å². The van der Waals surface area contributed by atoms with Gasteiger partial charge >= 0.3 is 0 Å². The van der Waals surface area contributed by atoms with Crippen LogP contribution in [-0.4, -0.2) is 12.2 Å². The molecule has 0 saturated heterocycles. The van der Waals surface area contributed by atoms with Gasteiger partial charge in [0.25, 0.3) is 0 Å². The van der Waals surface area contributed by atoms with Crippen molar-refractivity contribution in [1.82, 2.24) is 0 Å². The third-order valence-electron chi connectivity index (χ3n) is 5.36. The molecule has 4 rings (SSSR count). The summed E-state index contributed by atoms with van der Waals surface area (Å²) in [7, 11) is 1.64. The first-order valence-electron chi connectivity index (χ1n) is 9.47. The molecule has 0 radical (unpaired) electrons. The lowest BCUT2D eigenvalue weighted by molar-refractivity contribution is 0.0588. The molecule has 144 valence electrons. The molecule has 0 aliphatic heterocycles. The van der Waals surface area contributed by atoms with Gasteiger partial charge in [-0.3, -0.25) is 0 Å². The van der Waals surface area contributed by atoms with Crippen molar-refractivity contribution in [2.24, 2.45) is 0 Å². The standard InChI is InChI=1S/C24H23BrO3/c1-27-23-15-19(25)9-11-22(23)24(26)13-5-8-18-14-20(10-12-21(18)24)28-16-17-6-3-2-4-7-17/h2-4,6-7,9-12,14-15,26H,5,8,13,16H2,1H3. The molecule has 3 nitrogen and oxygen atoms in total. The summed E-state index contributed by atoms with van der Waals surface area (Å²) in [4.78, 5) is 0. The number of benzene rings is 3. The van der Waals surface area contributed by atoms with E-state index in [1.54, 1.807) is 7.11 Å². The summed E-state index contributed by atoms with van der Waals surface area (Å²) in [6.45, 7) is 0.532. The van der Waals surface area contributed by atoms with E-state index in [0.29, 0.717) is 18.8 Å². The molecular weight excluding hydrogens is 416 g/mol. The van der Waals surface area contributed by atoms with Gasteiger partial charge < -0.3 is 14.6 Å². The van der Waals surface area contributed by atoms with Gasteiger partial charge in [-0.2, -0.15) is 0 Å². The highest BCUT2D eigenvalue weighted by Gasteiger charge is 2.38. The van der Waals surface area contributed by atoms with Gasteiger partial charge in [-0.05, 0) is 60.2 Å². The van der Waals surface area contributed by atoms with Gasteiger partial charge in [0, 0.05) is 10.0 Å². The van der Waals surface area contributed by atoms with Crippen LogP contribution < -0.4 is 9.47 Å². The molecule has 1 unspecified atom stereocenters. The largest absolute Gasteiger partial charge is 0.496 e. The topological polar surface area (TPSA) is 38.7 Å². The SMILES string of the molecule is COc1cc(Br)ccc1C1(O)CCCc2cc(OCc3ccccc3)ccc21. The van der Waals surface area contributed by atoms with Gasteiger partial charge in [0.2, 0.25) is 0 Å². The van der Waals surface area contributed by atoms with E-state index < -0.39 is 5.60 Å². The molecule has 1 aliphatic carbocycles. The van der Waals surface area contributed by atoms with Gasteiger partial charge in [-0.1, -0.05) is 58.4 Å². The Morgan fingerprint density at radius 1 is 1.00 bits per heavy atom. The van der Waals surface area contributed by atoms with Crippen LogP contribution in [-0.2, 0) is 18.6 Å². The molecule has 1 aliphatic rings.